The van der Waals surface area contributed by atoms with E-state index in [2.05, 4.69) is 11.4 Å². The minimum absolute atomic E-state index is 0.0833. The van der Waals surface area contributed by atoms with E-state index in [1.54, 1.807) is 0 Å². The molecule has 0 radical (unpaired) electrons. The average Bonchev–Trinajstić information content (AvgIpc) is 1.88. The van der Waals surface area contributed by atoms with Gasteiger partial charge in [-0.2, -0.15) is 0 Å². The maximum absolute atomic E-state index is 8.70. The fourth-order valence-corrected chi connectivity index (χ4v) is 0. The Morgan fingerprint density at radius 3 is 2.25 bits per heavy atom. The molecular formula is C4H9NO3. The lowest BCUT2D eigenvalue weighted by Gasteiger charge is -1.63. The Morgan fingerprint density at radius 2 is 2.25 bits per heavy atom. The van der Waals surface area contributed by atoms with Crippen LogP contribution >= 0.6 is 0 Å². The molecule has 48 valence electrons. The normalized spacial score (nSPS) is 5.75. The molecule has 1 N–H and O–H groups in total. The van der Waals surface area contributed by atoms with Gasteiger partial charge in [0.05, 0.1) is 6.61 Å². The van der Waals surface area contributed by atoms with Crippen molar-refractivity contribution in [1.29, 1.82) is 0 Å². The number of hydrogen-bond acceptors (Lipinski definition) is 4. The zero-order chi connectivity index (χ0) is 6.83. The van der Waals surface area contributed by atoms with Gasteiger partial charge in [0.25, 0.3) is 0 Å². The van der Waals surface area contributed by atoms with Crippen molar-refractivity contribution in [1.82, 2.24) is 0 Å². The highest BCUT2D eigenvalue weighted by molar-refractivity contribution is 4.60. The number of hydrogen-bond donors (Lipinski definition) is 1. The van der Waals surface area contributed by atoms with Crippen LogP contribution in [0.4, 0.5) is 0 Å². The van der Waals surface area contributed by atoms with Crippen LogP contribution < -0.4 is 0 Å². The Morgan fingerprint density at radius 1 is 2.00 bits per heavy atom. The van der Waals surface area contributed by atoms with Crippen LogP contribution in [0.2, 0.25) is 0 Å². The summed E-state index contributed by atoms with van der Waals surface area (Å²) in [5.41, 5.74) is 0. The van der Waals surface area contributed by atoms with E-state index in [1.807, 2.05) is 5.34 Å². The summed E-state index contributed by atoms with van der Waals surface area (Å²) in [5, 5.41) is 9.74. The van der Waals surface area contributed by atoms with Crippen LogP contribution in [0.5, 0.6) is 0 Å². The molecule has 0 saturated carbocycles. The van der Waals surface area contributed by atoms with Gasteiger partial charge >= 0.3 is 0 Å². The molecule has 0 saturated heterocycles. The molecule has 0 aromatic heterocycles. The van der Waals surface area contributed by atoms with Gasteiger partial charge in [-0.3, -0.25) is 0 Å². The van der Waals surface area contributed by atoms with Gasteiger partial charge in [-0.1, -0.05) is 6.08 Å². The molecule has 0 aliphatic carbocycles. The maximum Gasteiger partial charge on any atom is 0.154 e. The molecule has 4 nitrogen and oxygen atoms in total. The smallest absolute Gasteiger partial charge is 0.154 e. The van der Waals surface area contributed by atoms with Crippen molar-refractivity contribution in [3.8, 4) is 0 Å². The summed E-state index contributed by atoms with van der Waals surface area (Å²) < 4.78 is 0. The van der Waals surface area contributed by atoms with Gasteiger partial charge in [-0.05, 0) is 0 Å². The third-order valence-corrected chi connectivity index (χ3v) is 0.204. The highest BCUT2D eigenvalue weighted by Crippen LogP contribution is 1.52. The Hall–Kier alpha value is -0.900. The van der Waals surface area contributed by atoms with Gasteiger partial charge in [-0.15, -0.1) is 11.5 Å². The van der Waals surface area contributed by atoms with E-state index in [0.29, 0.717) is 0 Å². The molecule has 0 amide bonds. The predicted molar refractivity (Wildman–Crippen MR) is 30.1 cm³/mol. The second-order valence-corrected chi connectivity index (χ2v) is 0.728. The van der Waals surface area contributed by atoms with Gasteiger partial charge < -0.3 is 9.94 Å². The minimum atomic E-state index is 0.0833. The first-order valence-corrected chi connectivity index (χ1v) is 1.91. The number of rotatable bonds is 2. The molecular weight excluding hydrogens is 110 g/mol. The molecule has 0 aromatic rings. The summed E-state index contributed by atoms with van der Waals surface area (Å²) in [7, 11) is 1.20. The van der Waals surface area contributed by atoms with Crippen LogP contribution in [-0.2, 0) is 4.84 Å². The zero-order valence-corrected chi connectivity index (χ0v) is 4.70. The van der Waals surface area contributed by atoms with Crippen LogP contribution in [0.3, 0.4) is 0 Å². The summed E-state index contributed by atoms with van der Waals surface area (Å²) in [5.74, 6) is 0. The van der Waals surface area contributed by atoms with Crippen LogP contribution in [0.15, 0.2) is 18.0 Å². The van der Waals surface area contributed by atoms with Crippen LogP contribution in [0.25, 0.3) is 0 Å². The van der Waals surface area contributed by atoms with E-state index in [4.69, 9.17) is 10.0 Å². The van der Waals surface area contributed by atoms with E-state index in [-0.39, 0.29) is 6.61 Å². The molecule has 0 heterocycles. The van der Waals surface area contributed by atoms with E-state index >= 15 is 0 Å². The maximum atomic E-state index is 8.70. The Balaban J connectivity index is 0. The first kappa shape index (κ1) is 10.2. The zero-order valence-electron chi connectivity index (χ0n) is 4.70. The monoisotopic (exact) mass is 119 g/mol. The first-order chi connectivity index (χ1) is 3.83. The summed E-state index contributed by atoms with van der Waals surface area (Å²) >= 11 is 0. The van der Waals surface area contributed by atoms with E-state index in [9.17, 15) is 0 Å². The first-order valence-electron chi connectivity index (χ1n) is 1.91. The molecule has 0 rings (SSSR count). The van der Waals surface area contributed by atoms with Crippen LogP contribution in [0.1, 0.15) is 0 Å². The summed E-state index contributed by atoms with van der Waals surface area (Å²) in [6.45, 7) is 3.31. The molecule has 0 unspecified atom stereocenters. The number of aliphatic hydroxyl groups is 1. The second kappa shape index (κ2) is 16.5. The Kier molecular flexibility index (Phi) is 21.0. The largest absolute Gasteiger partial charge is 0.392 e. The van der Waals surface area contributed by atoms with Crippen molar-refractivity contribution in [3.05, 3.63) is 17.6 Å². The lowest BCUT2D eigenvalue weighted by atomic mass is 10.7. The number of nitrogens with zero attached hydrogens (tertiary/aromatic N) is 1. The van der Waals surface area contributed by atoms with E-state index in [1.165, 1.54) is 13.2 Å². The van der Waals surface area contributed by atoms with E-state index in [0.717, 1.165) is 0 Å². The Labute approximate surface area is 47.7 Å². The van der Waals surface area contributed by atoms with E-state index < -0.39 is 0 Å². The highest BCUT2D eigenvalue weighted by atomic mass is 16.7. The molecule has 0 aromatic carbocycles. The van der Waals surface area contributed by atoms with Gasteiger partial charge in [0.2, 0.25) is 0 Å². The van der Waals surface area contributed by atoms with Crippen molar-refractivity contribution >= 4 is 0 Å². The predicted octanol–water partition coefficient (Wildman–Crippen LogP) is 0.479. The number of aliphatic hydroxyl groups excluding tert-OH is 1. The highest BCUT2D eigenvalue weighted by Gasteiger charge is 1.45. The molecule has 8 heavy (non-hydrogen) atoms. The van der Waals surface area contributed by atoms with Crippen molar-refractivity contribution in [2.45, 2.75) is 0 Å². The minimum Gasteiger partial charge on any atom is -0.392 e. The van der Waals surface area contributed by atoms with Gasteiger partial charge in [-0.25, -0.2) is 0 Å². The lowest BCUT2D eigenvalue weighted by molar-refractivity contribution is 0.208. The fourth-order valence-electron chi connectivity index (χ4n) is 0. The summed E-state index contributed by atoms with van der Waals surface area (Å²) in [4.78, 5) is 12.3. The standard InChI is InChI=1S/C3H6O.CH3NO2/c1-2-3-4;1-4-2-3/h2,4H,1,3H2;1H3. The van der Waals surface area contributed by atoms with Crippen molar-refractivity contribution in [2.75, 3.05) is 13.7 Å². The topological polar surface area (TPSA) is 58.9 Å². The summed E-state index contributed by atoms with van der Waals surface area (Å²) in [6, 6.07) is 0. The van der Waals surface area contributed by atoms with Crippen molar-refractivity contribution < 1.29 is 9.94 Å². The van der Waals surface area contributed by atoms with Gasteiger partial charge in [0, 0.05) is 0 Å². The van der Waals surface area contributed by atoms with Crippen molar-refractivity contribution in [3.63, 3.8) is 0 Å². The third-order valence-electron chi connectivity index (χ3n) is 0.204. The van der Waals surface area contributed by atoms with Gasteiger partial charge in [0.15, 0.2) is 5.34 Å². The Bertz CT molecular complexity index is 47.2. The fraction of sp³-hybridized carbons (Fsp3) is 0.500. The van der Waals surface area contributed by atoms with Gasteiger partial charge in [0.1, 0.15) is 7.11 Å². The second-order valence-electron chi connectivity index (χ2n) is 0.728. The molecule has 0 atom stereocenters. The quantitative estimate of drug-likeness (QED) is 0.326. The molecule has 0 aliphatic rings. The average molecular weight is 119 g/mol. The molecule has 0 aliphatic heterocycles. The van der Waals surface area contributed by atoms with Crippen molar-refractivity contribution in [2.24, 2.45) is 5.34 Å². The van der Waals surface area contributed by atoms with Crippen LogP contribution in [-0.4, -0.2) is 18.8 Å². The van der Waals surface area contributed by atoms with Crippen LogP contribution in [0, 0.1) is 4.91 Å². The summed E-state index contributed by atoms with van der Waals surface area (Å²) in [6.07, 6.45) is 1.43. The molecule has 0 spiro atoms. The lowest BCUT2D eigenvalue weighted by Crippen LogP contribution is -1.62. The SMILES string of the molecule is C=CCO.CON=O. The third kappa shape index (κ3) is 70.9. The molecule has 0 bridgehead atoms. The molecule has 0 fully saturated rings. The molecule has 4 heteroatoms.